The summed E-state index contributed by atoms with van der Waals surface area (Å²) in [6.45, 7) is -2.41. The molecule has 0 aliphatic carbocycles. The van der Waals surface area contributed by atoms with Crippen molar-refractivity contribution >= 4 is 60.0 Å². The number of aliphatic hydroxyl groups excluding tert-OH is 1. The first-order valence-corrected chi connectivity index (χ1v) is 15.1. The van der Waals surface area contributed by atoms with Gasteiger partial charge in [-0.25, -0.2) is 17.8 Å². The Labute approximate surface area is 195 Å². The van der Waals surface area contributed by atoms with Crippen LogP contribution in [0.1, 0.15) is 6.23 Å². The number of anilines is 1. The lowest BCUT2D eigenvalue weighted by Crippen LogP contribution is -2.44. The maximum absolute atomic E-state index is 14.0. The van der Waals surface area contributed by atoms with E-state index in [4.69, 9.17) is 31.9 Å². The van der Waals surface area contributed by atoms with E-state index in [1.165, 1.54) is 12.3 Å². The molecule has 1 fully saturated rings. The van der Waals surface area contributed by atoms with Crippen LogP contribution in [-0.4, -0.2) is 69.6 Å². The molecule has 1 aliphatic rings. The Morgan fingerprint density at radius 3 is 2.56 bits per heavy atom. The Bertz CT molecular complexity index is 1290. The van der Waals surface area contributed by atoms with Crippen LogP contribution in [0.5, 0.6) is 0 Å². The smallest absolute Gasteiger partial charge is 0.388 e. The summed E-state index contributed by atoms with van der Waals surface area (Å²) >= 11 is 6.27. The second kappa shape index (κ2) is 9.62. The summed E-state index contributed by atoms with van der Waals surface area (Å²) in [6, 6.07) is 1.30. The van der Waals surface area contributed by atoms with Crippen LogP contribution >= 0.6 is 43.0 Å². The number of halogens is 2. The Morgan fingerprint density at radius 1 is 1.32 bits per heavy atom. The molecule has 3 rings (SSSR count). The number of nitrogen functional groups attached to an aromatic ring is 1. The summed E-state index contributed by atoms with van der Waals surface area (Å²) in [7, 11) is -13.3. The number of aromatic amines is 1. The number of ether oxygens (including phenoxy) is 1. The minimum Gasteiger partial charge on any atom is -0.388 e. The molecule has 1 saturated heterocycles. The predicted molar refractivity (Wildman–Crippen MR) is 117 cm³/mol. The van der Waals surface area contributed by atoms with Gasteiger partial charge >= 0.3 is 15.6 Å². The van der Waals surface area contributed by atoms with Crippen molar-refractivity contribution in [3.05, 3.63) is 22.6 Å². The fourth-order valence-electron chi connectivity index (χ4n) is 3.11. The monoisotopic (exact) mass is 588 g/mol. The second-order valence-corrected chi connectivity index (χ2v) is 13.9. The van der Waals surface area contributed by atoms with E-state index < -0.39 is 65.0 Å². The molecule has 2 aromatic rings. The molecule has 22 heteroatoms. The molecule has 1 aliphatic heterocycles. The molecule has 34 heavy (non-hydrogen) atoms. The summed E-state index contributed by atoms with van der Waals surface area (Å²) in [5.41, 5.74) is 4.85. The quantitative estimate of drug-likeness (QED) is 0.156. The van der Waals surface area contributed by atoms with Gasteiger partial charge in [0, 0.05) is 6.20 Å². The van der Waals surface area contributed by atoms with Crippen LogP contribution in [0.4, 0.5) is 10.3 Å². The van der Waals surface area contributed by atoms with E-state index in [0.29, 0.717) is 0 Å². The molecular weight excluding hydrogens is 570 g/mol. The molecule has 0 aromatic carbocycles. The molecule has 16 nitrogen and oxygen atoms in total. The van der Waals surface area contributed by atoms with Crippen molar-refractivity contribution in [2.75, 3.05) is 19.0 Å². The zero-order chi connectivity index (χ0) is 25.7. The lowest BCUT2D eigenvalue weighted by atomic mass is 10.0. The minimum absolute atomic E-state index is 0.0372. The van der Waals surface area contributed by atoms with Gasteiger partial charge in [-0.05, 0) is 14.6 Å². The van der Waals surface area contributed by atoms with E-state index >= 15 is 0 Å². The van der Waals surface area contributed by atoms with Crippen molar-refractivity contribution in [1.82, 2.24) is 14.5 Å². The zero-order valence-corrected chi connectivity index (χ0v) is 20.9. The number of aromatic nitrogens is 3. The number of hydrogen-bond donors (Lipinski definition) is 7. The van der Waals surface area contributed by atoms with Gasteiger partial charge in [0.15, 0.2) is 11.9 Å². The molecule has 0 amide bonds. The van der Waals surface area contributed by atoms with Crippen LogP contribution in [0.15, 0.2) is 17.1 Å². The van der Waals surface area contributed by atoms with Gasteiger partial charge in [0.05, 0.1) is 12.0 Å². The van der Waals surface area contributed by atoms with E-state index in [1.807, 2.05) is 0 Å². The highest BCUT2D eigenvalue weighted by atomic mass is 35.5. The fourth-order valence-corrected chi connectivity index (χ4v) is 7.44. The molecule has 6 atom stereocenters. The van der Waals surface area contributed by atoms with Crippen molar-refractivity contribution in [3.63, 3.8) is 0 Å². The van der Waals surface area contributed by atoms with Crippen LogP contribution in [0.25, 0.3) is 11.0 Å². The molecule has 192 valence electrons. The predicted octanol–water partition coefficient (Wildman–Crippen LogP) is 0.568. The highest BCUT2D eigenvalue weighted by molar-refractivity contribution is 7.91. The largest absolute Gasteiger partial charge is 0.488 e. The first-order valence-electron chi connectivity index (χ1n) is 8.75. The Morgan fingerprint density at radius 2 is 1.97 bits per heavy atom. The summed E-state index contributed by atoms with van der Waals surface area (Å²) in [6.07, 6.45) is -3.74. The first kappa shape index (κ1) is 27.9. The highest BCUT2D eigenvalue weighted by Gasteiger charge is 2.57. The van der Waals surface area contributed by atoms with E-state index in [0.717, 1.165) is 4.57 Å². The maximum Gasteiger partial charge on any atom is 0.488 e. The van der Waals surface area contributed by atoms with Gasteiger partial charge in [-0.15, -0.1) is 11.6 Å². The van der Waals surface area contributed by atoms with Crippen LogP contribution in [-0.2, 0) is 27.0 Å². The van der Waals surface area contributed by atoms with Gasteiger partial charge < -0.3 is 39.7 Å². The van der Waals surface area contributed by atoms with Gasteiger partial charge in [-0.1, -0.05) is 0 Å². The molecule has 2 aromatic heterocycles. The van der Waals surface area contributed by atoms with Crippen molar-refractivity contribution in [1.29, 1.82) is 0 Å². The summed E-state index contributed by atoms with van der Waals surface area (Å²) < 4.78 is 56.4. The third kappa shape index (κ3) is 5.97. The highest BCUT2D eigenvalue weighted by Crippen LogP contribution is 2.67. The first-order chi connectivity index (χ1) is 15.5. The molecule has 0 radical (unpaired) electrons. The van der Waals surface area contributed by atoms with Gasteiger partial charge in [0.2, 0.25) is 5.95 Å². The molecule has 3 unspecified atom stereocenters. The van der Waals surface area contributed by atoms with Crippen molar-refractivity contribution in [2.45, 2.75) is 23.3 Å². The molecular formula is C12H18ClFN4O12P4. The minimum atomic E-state index is -5.52. The Hall–Kier alpha value is -0.730. The number of rotatable bonds is 9. The Kier molecular flexibility index (Phi) is 7.88. The van der Waals surface area contributed by atoms with Crippen molar-refractivity contribution in [3.8, 4) is 0 Å². The van der Waals surface area contributed by atoms with E-state index in [1.54, 1.807) is 0 Å². The third-order valence-electron chi connectivity index (χ3n) is 4.44. The number of alkyl halides is 2. The summed E-state index contributed by atoms with van der Waals surface area (Å²) in [4.78, 5) is 53.0. The molecule has 8 N–H and O–H groups in total. The van der Waals surface area contributed by atoms with Crippen LogP contribution < -0.4 is 11.3 Å². The summed E-state index contributed by atoms with van der Waals surface area (Å²) in [5.74, 6) is -0.272. The number of nitrogens with zero attached hydrogens (tertiary/aromatic N) is 2. The average Bonchev–Trinajstić information content (AvgIpc) is 3.17. The number of nitrogens with one attached hydrogen (secondary N) is 1. The average molecular weight is 589 g/mol. The number of fused-ring (bicyclic) bond motifs is 1. The number of nitrogens with two attached hydrogens (primary N) is 1. The van der Waals surface area contributed by atoms with Gasteiger partial charge in [-0.3, -0.25) is 14.3 Å². The number of H-pyrrole nitrogens is 1. The zero-order valence-electron chi connectivity index (χ0n) is 16.5. The van der Waals surface area contributed by atoms with E-state index in [-0.39, 0.29) is 17.0 Å². The van der Waals surface area contributed by atoms with Gasteiger partial charge in [-0.2, -0.15) is 9.29 Å². The SMILES string of the molecule is Nc1nc2c(ccn2[C@@H]2O[C@H](COP(=O)(O)OP(=O)(O)OP(O)(O)=P)[C@H](O)C2(Cl)CF)c(=O)[nH]1. The molecule has 0 bridgehead atoms. The number of phosphoric acid groups is 2. The van der Waals surface area contributed by atoms with Crippen LogP contribution in [0.2, 0.25) is 0 Å². The van der Waals surface area contributed by atoms with Crippen LogP contribution in [0, 0.1) is 0 Å². The normalized spacial score (nSPS) is 29.2. The van der Waals surface area contributed by atoms with E-state index in [9.17, 15) is 33.2 Å². The van der Waals surface area contributed by atoms with Gasteiger partial charge in [0.25, 0.3) is 12.8 Å². The number of phosphoric ester groups is 1. The second-order valence-electron chi connectivity index (χ2n) is 6.88. The number of hydrogen-bond acceptors (Lipinski definition) is 10. The maximum atomic E-state index is 14.0. The fraction of sp³-hybridized carbons (Fsp3) is 0.500. The topological polar surface area (TPSA) is 249 Å². The standard InChI is InChI=1S/C12H18ClFN4O12P4/c13-12(4-14)7(19)6(3-27-32(21,22)29-33(23,24)30-34(25,26)31)28-10(12)18-2-1-5-8(18)16-11(15)17-9(5)20/h1-2,6-7,10,19,25-26,31H,3-4H2,(H,21,22)(H,23,24)(H3,15,16,17,20)/t6-,7+,10-,12?/m1/s1. The third-order valence-corrected chi connectivity index (χ3v) is 9.55. The lowest BCUT2D eigenvalue weighted by Gasteiger charge is -2.28. The van der Waals surface area contributed by atoms with Gasteiger partial charge in [0.1, 0.15) is 23.8 Å². The Balaban J connectivity index is 1.82. The van der Waals surface area contributed by atoms with Crippen molar-refractivity contribution in [2.24, 2.45) is 0 Å². The van der Waals surface area contributed by atoms with Crippen LogP contribution in [0.3, 0.4) is 0 Å². The molecule has 0 saturated carbocycles. The van der Waals surface area contributed by atoms with E-state index in [2.05, 4.69) is 31.6 Å². The molecule has 3 heterocycles. The lowest BCUT2D eigenvalue weighted by molar-refractivity contribution is -0.0436. The molecule has 0 spiro atoms. The number of aliphatic hydroxyl groups is 1. The van der Waals surface area contributed by atoms with Crippen molar-refractivity contribution < 1.29 is 56.1 Å². The summed E-state index contributed by atoms with van der Waals surface area (Å²) in [5, 5.41) is 10.6.